The van der Waals surface area contributed by atoms with Crippen LogP contribution >= 0.6 is 0 Å². The van der Waals surface area contributed by atoms with Crippen molar-refractivity contribution in [3.8, 4) is 69.3 Å². The van der Waals surface area contributed by atoms with Crippen LogP contribution < -0.4 is 70.3 Å². The summed E-state index contributed by atoms with van der Waals surface area (Å²) in [5.41, 5.74) is 26.8. The van der Waals surface area contributed by atoms with Crippen molar-refractivity contribution < 1.29 is 18.3 Å². The van der Waals surface area contributed by atoms with Crippen molar-refractivity contribution in [3.63, 3.8) is 0 Å². The molecule has 18 aromatic rings. The molecule has 9 nitrogen and oxygen atoms in total. The van der Waals surface area contributed by atoms with Gasteiger partial charge in [0.05, 0.1) is 98.4 Å². The van der Waals surface area contributed by atoms with Crippen molar-refractivity contribution in [2.45, 2.75) is 153 Å². The molecule has 1 aliphatic carbocycles. The smallest absolute Gasteiger partial charge is 0.220 e. The quantitative estimate of drug-likeness (QED) is 0.0574. The van der Waals surface area contributed by atoms with Crippen LogP contribution in [0.1, 0.15) is 123 Å². The van der Waals surface area contributed by atoms with Gasteiger partial charge in [-0.3, -0.25) is 4.98 Å². The van der Waals surface area contributed by atoms with Gasteiger partial charge >= 0.3 is 0 Å². The number of nitriles is 4. The van der Waals surface area contributed by atoms with Crippen molar-refractivity contribution in [3.05, 3.63) is 411 Å². The highest BCUT2D eigenvalue weighted by Gasteiger charge is 2.50. The fraction of sp³-hybridized carbons (Fsp3) is 0.214. The van der Waals surface area contributed by atoms with E-state index in [0.29, 0.717) is 0 Å². The van der Waals surface area contributed by atoms with Crippen molar-refractivity contribution in [2.24, 2.45) is 28.2 Å². The molecule has 13 aromatic carbocycles. The standard InChI is InChI=1S/C38H33N2Si.C36H37N2Si.C27H28N3Si.C25H29N2Si/c1-27-24-36(28(2)29(3)37(27)26-39)38-35-21-20-34(25-30(35)22-23-40(38)4)41(31-14-8-5-9-15-31,32-16-10-6-11-17-32)33-18-12-7-13-19-33;1-25-22-33(26(2)27(3)34(25)24-37)35-32-19-18-31(23-28(32)20-21-38(35)7)39(36(4,5)6,29-14-10-8-11-15-29)30-16-12-9-13-17-30;1-18-15-24(19(2)20(3)25(18)17-28)27-23-11-10-22(16-21(23)12-14-30(27)4)31(5,6)26-9-7-8-13-29-26;1-16-13-23(17(2)18(3)24(16)15-26)25-22-10-9-21(28(5,6)20-7-8-20)14-19(22)11-12-27(25)4/h5-25H,1-4H3;8-23H,1-7H3;7-16H,1-6H3;9-14,20H,7-8H2,1-6H3/q4*+1. The van der Waals surface area contributed by atoms with Gasteiger partial charge in [-0.2, -0.15) is 21.0 Å². The van der Waals surface area contributed by atoms with E-state index in [-0.39, 0.29) is 5.04 Å². The molecule has 0 unspecified atom stereocenters. The summed E-state index contributed by atoms with van der Waals surface area (Å²) in [6, 6.07) is 117. The van der Waals surface area contributed by atoms with Gasteiger partial charge in [-0.1, -0.05) is 276 Å². The zero-order valence-corrected chi connectivity index (χ0v) is 89.1. The molecule has 688 valence electrons. The Kier molecular flexibility index (Phi) is 27.7. The van der Waals surface area contributed by atoms with Gasteiger partial charge in [-0.15, -0.1) is 0 Å². The van der Waals surface area contributed by atoms with Gasteiger partial charge in [-0.05, 0) is 279 Å². The molecular weight excluding hydrogens is 1750 g/mol. The molecule has 0 atom stereocenters. The molecular formula is C126H127N9Si4+4. The number of rotatable bonds is 15. The van der Waals surface area contributed by atoms with Crippen LogP contribution in [-0.4, -0.2) is 37.3 Å². The highest BCUT2D eigenvalue weighted by atomic mass is 28.3. The maximum atomic E-state index is 9.75. The zero-order valence-electron chi connectivity index (χ0n) is 85.1. The van der Waals surface area contributed by atoms with Gasteiger partial charge in [0.25, 0.3) is 0 Å². The predicted octanol–water partition coefficient (Wildman–Crippen LogP) is 21.5. The number of aryl methyl sites for hydroxylation is 8. The number of hydrogen-bond donors (Lipinski definition) is 0. The van der Waals surface area contributed by atoms with E-state index in [1.807, 2.05) is 40.0 Å². The van der Waals surface area contributed by atoms with Gasteiger partial charge in [0, 0.05) is 35.8 Å². The third kappa shape index (κ3) is 17.9. The monoisotopic (exact) mass is 1880 g/mol. The van der Waals surface area contributed by atoms with Crippen molar-refractivity contribution in [2.75, 3.05) is 0 Å². The zero-order chi connectivity index (χ0) is 99.1. The molecule has 0 amide bonds. The number of aromatic nitrogens is 5. The van der Waals surface area contributed by atoms with Crippen LogP contribution in [0.25, 0.3) is 88.1 Å². The highest BCUT2D eigenvalue weighted by Crippen LogP contribution is 2.46. The number of fused-ring (bicyclic) bond motifs is 4. The van der Waals surface area contributed by atoms with Crippen LogP contribution in [0.2, 0.25) is 36.8 Å². The topological polar surface area (TPSA) is 124 Å². The summed E-state index contributed by atoms with van der Waals surface area (Å²) < 4.78 is 8.85. The molecule has 19 rings (SSSR count). The molecule has 13 heteroatoms. The highest BCUT2D eigenvalue weighted by molar-refractivity contribution is 7.20. The van der Waals surface area contributed by atoms with Gasteiger partial charge < -0.3 is 0 Å². The lowest BCUT2D eigenvalue weighted by atomic mass is 9.91. The second-order valence-corrected chi connectivity index (χ2v) is 58.4. The van der Waals surface area contributed by atoms with Crippen LogP contribution in [-0.2, 0) is 28.2 Å². The third-order valence-corrected chi connectivity index (χ3v) is 49.1. The molecule has 0 N–H and O–H groups in total. The summed E-state index contributed by atoms with van der Waals surface area (Å²) in [5.74, 6) is 0. The number of hydrogen-bond acceptors (Lipinski definition) is 5. The molecule has 1 aliphatic rings. The molecule has 0 spiro atoms. The summed E-state index contributed by atoms with van der Waals surface area (Å²) in [4.78, 5) is 4.66. The van der Waals surface area contributed by atoms with Crippen LogP contribution in [0.4, 0.5) is 0 Å². The van der Waals surface area contributed by atoms with Crippen LogP contribution in [0.3, 0.4) is 0 Å². The minimum absolute atomic E-state index is 0.0313. The van der Waals surface area contributed by atoms with Crippen molar-refractivity contribution in [1.29, 1.82) is 21.0 Å². The average molecular weight is 1880 g/mol. The summed E-state index contributed by atoms with van der Waals surface area (Å²) in [6.07, 6.45) is 13.4. The van der Waals surface area contributed by atoms with E-state index in [4.69, 9.17) is 0 Å². The minimum atomic E-state index is -2.61. The molecule has 0 aliphatic heterocycles. The normalized spacial score (nSPS) is 12.2. The molecule has 0 saturated heterocycles. The lowest BCUT2D eigenvalue weighted by molar-refractivity contribution is -0.659. The van der Waals surface area contributed by atoms with Gasteiger partial charge in [-0.25, -0.2) is 18.3 Å². The first-order valence-electron chi connectivity index (χ1n) is 48.5. The molecule has 0 bridgehead atoms. The van der Waals surface area contributed by atoms with E-state index in [0.717, 1.165) is 89.0 Å². The van der Waals surface area contributed by atoms with Crippen LogP contribution in [0.5, 0.6) is 0 Å². The Balaban J connectivity index is 0.000000135. The molecule has 1 fully saturated rings. The van der Waals surface area contributed by atoms with Gasteiger partial charge in [0.15, 0.2) is 40.9 Å². The van der Waals surface area contributed by atoms with E-state index >= 15 is 0 Å². The number of nitrogens with zero attached hydrogens (tertiary/aromatic N) is 9. The summed E-state index contributed by atoms with van der Waals surface area (Å²) in [7, 11) is 0.161. The number of pyridine rings is 5. The third-order valence-electron chi connectivity index (χ3n) is 30.8. The minimum Gasteiger partial charge on any atom is -0.266 e. The fourth-order valence-corrected chi connectivity index (χ4v) is 38.1. The Labute approximate surface area is 827 Å². The summed E-state index contributed by atoms with van der Waals surface area (Å²) >= 11 is 0. The molecule has 1 saturated carbocycles. The van der Waals surface area contributed by atoms with Gasteiger partial charge in [0.2, 0.25) is 22.8 Å². The Morgan fingerprint density at radius 1 is 0.288 bits per heavy atom. The summed E-state index contributed by atoms with van der Waals surface area (Å²) in [6.45, 7) is 41.9. The lowest BCUT2D eigenvalue weighted by Gasteiger charge is -2.44. The SMILES string of the molecule is Cc1cc(-c2c3ccc([Si](C)(C)C4CC4)cc3cc[n+]2C)c(C)c(C)c1C#N.Cc1cc(-c2c3ccc([Si](C)(C)c4ccccn4)cc3cc[n+]2C)c(C)c(C)c1C#N.Cc1cc(-c2c3ccc([Si](c4ccccc4)(c4ccccc4)C(C)(C)C)cc3cc[n+]2C)c(C)c(C)c1C#N.Cc1cc(-c2c3ccc([Si](c4ccccc4)(c4ccccc4)c4ccccc4)cc3cc[n+]2C)c(C)c(C)c1C#N. The van der Waals surface area contributed by atoms with Crippen molar-refractivity contribution in [1.82, 2.24) is 4.98 Å². The Morgan fingerprint density at radius 2 is 0.554 bits per heavy atom. The van der Waals surface area contributed by atoms with E-state index < -0.39 is 32.3 Å². The fourth-order valence-electron chi connectivity index (χ4n) is 22.2. The van der Waals surface area contributed by atoms with Gasteiger partial charge in [0.1, 0.15) is 36.3 Å². The first-order chi connectivity index (χ1) is 66.6. The molecule has 5 heterocycles. The first kappa shape index (κ1) is 97.6. The van der Waals surface area contributed by atoms with E-state index in [1.54, 1.807) is 5.19 Å². The lowest BCUT2D eigenvalue weighted by Crippen LogP contribution is -2.74. The second kappa shape index (κ2) is 39.5. The molecule has 139 heavy (non-hydrogen) atoms. The average Bonchev–Trinajstić information content (AvgIpc) is 1.45. The summed E-state index contributed by atoms with van der Waals surface area (Å²) in [5, 5.41) is 62.5. The van der Waals surface area contributed by atoms with Crippen LogP contribution in [0, 0.1) is 128 Å². The van der Waals surface area contributed by atoms with E-state index in [2.05, 4.69) is 488 Å². The Morgan fingerprint density at radius 3 is 0.842 bits per heavy atom. The molecule has 5 aromatic heterocycles. The maximum Gasteiger partial charge on any atom is 0.220 e. The maximum absolute atomic E-state index is 9.75. The van der Waals surface area contributed by atoms with E-state index in [1.165, 1.54) is 153 Å². The predicted molar refractivity (Wildman–Crippen MR) is 590 cm³/mol. The van der Waals surface area contributed by atoms with E-state index in [9.17, 15) is 21.0 Å². The Hall–Kier alpha value is -14.5. The largest absolute Gasteiger partial charge is 0.266 e. The van der Waals surface area contributed by atoms with Crippen molar-refractivity contribution >= 4 is 127 Å². The second-order valence-electron chi connectivity index (χ2n) is 40.6. The Bertz CT molecular complexity index is 7880. The number of benzene rings is 13. The van der Waals surface area contributed by atoms with Crippen LogP contribution in [0.15, 0.2) is 322 Å². The first-order valence-corrected chi connectivity index (χ1v) is 58.6. The molecule has 0 radical (unpaired) electrons.